The molecule has 2 aromatic rings. The zero-order chi connectivity index (χ0) is 13.8. The third kappa shape index (κ3) is 3.87. The maximum Gasteiger partial charge on any atom is 0.124 e. The normalized spacial score (nSPS) is 13.3. The molecule has 0 fully saturated rings. The number of aromatic hydroxyl groups is 2. The Morgan fingerprint density at radius 3 is 2.25 bits per heavy atom. The zero-order valence-corrected chi connectivity index (χ0v) is 11.6. The molecule has 2 aromatic carbocycles. The lowest BCUT2D eigenvalue weighted by molar-refractivity contribution is 0.143. The number of phenols is 2. The molecule has 0 saturated carbocycles. The Bertz CT molecular complexity index is 548. The molecule has 0 spiro atoms. The molecule has 108 valence electrons. The Morgan fingerprint density at radius 2 is 1.65 bits per heavy atom. The van der Waals surface area contributed by atoms with Crippen molar-refractivity contribution < 1.29 is 15.3 Å². The van der Waals surface area contributed by atoms with Gasteiger partial charge in [0.15, 0.2) is 0 Å². The van der Waals surface area contributed by atoms with Crippen molar-refractivity contribution in [2.24, 2.45) is 5.73 Å². The average molecular weight is 296 g/mol. The summed E-state index contributed by atoms with van der Waals surface area (Å²) < 4.78 is 0. The van der Waals surface area contributed by atoms with Crippen LogP contribution in [0.2, 0.25) is 0 Å². The first-order valence-corrected chi connectivity index (χ1v) is 6.07. The van der Waals surface area contributed by atoms with E-state index in [0.717, 1.165) is 5.56 Å². The number of benzene rings is 2. The van der Waals surface area contributed by atoms with Gasteiger partial charge in [0, 0.05) is 18.1 Å². The van der Waals surface area contributed by atoms with Gasteiger partial charge in [-0.2, -0.15) is 0 Å². The molecule has 0 saturated heterocycles. The molecular weight excluding hydrogens is 278 g/mol. The lowest BCUT2D eigenvalue weighted by Gasteiger charge is -2.20. The summed E-state index contributed by atoms with van der Waals surface area (Å²) in [6, 6.07) is 13.0. The zero-order valence-electron chi connectivity index (χ0n) is 10.8. The highest BCUT2D eigenvalue weighted by Crippen LogP contribution is 2.29. The van der Waals surface area contributed by atoms with E-state index in [1.165, 1.54) is 18.2 Å². The van der Waals surface area contributed by atoms with Crippen molar-refractivity contribution >= 4 is 12.4 Å². The second-order valence-corrected chi connectivity index (χ2v) is 4.53. The summed E-state index contributed by atoms with van der Waals surface area (Å²) in [7, 11) is 0. The minimum Gasteiger partial charge on any atom is -0.508 e. The predicted molar refractivity (Wildman–Crippen MR) is 80.1 cm³/mol. The van der Waals surface area contributed by atoms with E-state index in [0.29, 0.717) is 12.0 Å². The molecule has 5 heteroatoms. The van der Waals surface area contributed by atoms with Gasteiger partial charge in [0.2, 0.25) is 0 Å². The van der Waals surface area contributed by atoms with Crippen molar-refractivity contribution in [2.75, 3.05) is 0 Å². The van der Waals surface area contributed by atoms with E-state index in [-0.39, 0.29) is 23.9 Å². The van der Waals surface area contributed by atoms with E-state index in [2.05, 4.69) is 0 Å². The van der Waals surface area contributed by atoms with E-state index in [9.17, 15) is 15.3 Å². The highest BCUT2D eigenvalue weighted by atomic mass is 35.5. The van der Waals surface area contributed by atoms with Crippen LogP contribution in [0.1, 0.15) is 17.2 Å². The van der Waals surface area contributed by atoms with Crippen LogP contribution >= 0.6 is 12.4 Å². The van der Waals surface area contributed by atoms with Gasteiger partial charge in [-0.25, -0.2) is 0 Å². The SMILES string of the molecule is Cl.N[C@H](c1ccc(O)cc1O)[C@@H](O)Cc1ccccc1. The lowest BCUT2D eigenvalue weighted by atomic mass is 9.96. The van der Waals surface area contributed by atoms with Crippen LogP contribution in [0, 0.1) is 0 Å². The quantitative estimate of drug-likeness (QED) is 0.696. The molecule has 5 N–H and O–H groups in total. The third-order valence-corrected chi connectivity index (χ3v) is 3.08. The number of hydrogen-bond donors (Lipinski definition) is 4. The maximum absolute atomic E-state index is 10.1. The second kappa shape index (κ2) is 7.14. The summed E-state index contributed by atoms with van der Waals surface area (Å²) in [6.07, 6.45) is -0.402. The van der Waals surface area contributed by atoms with E-state index >= 15 is 0 Å². The molecule has 0 heterocycles. The van der Waals surface area contributed by atoms with Crippen LogP contribution in [0.3, 0.4) is 0 Å². The number of aliphatic hydroxyl groups is 1. The predicted octanol–water partition coefficient (Wildman–Crippen LogP) is 2.12. The highest BCUT2D eigenvalue weighted by Gasteiger charge is 2.20. The van der Waals surface area contributed by atoms with Crippen molar-refractivity contribution in [1.29, 1.82) is 0 Å². The Hall–Kier alpha value is -1.75. The number of aliphatic hydroxyl groups excluding tert-OH is 1. The second-order valence-electron chi connectivity index (χ2n) is 4.53. The fourth-order valence-corrected chi connectivity index (χ4v) is 2.00. The van der Waals surface area contributed by atoms with Gasteiger partial charge in [0.25, 0.3) is 0 Å². The summed E-state index contributed by atoms with van der Waals surface area (Å²) in [5.74, 6) is -0.148. The Balaban J connectivity index is 0.00000200. The molecule has 0 aromatic heterocycles. The summed E-state index contributed by atoms with van der Waals surface area (Å²) in [6.45, 7) is 0. The minimum atomic E-state index is -0.808. The maximum atomic E-state index is 10.1. The number of rotatable bonds is 4. The molecule has 0 aliphatic rings. The van der Waals surface area contributed by atoms with Crippen molar-refractivity contribution in [3.8, 4) is 11.5 Å². The Labute approximate surface area is 123 Å². The molecule has 2 atom stereocenters. The van der Waals surface area contributed by atoms with Crippen molar-refractivity contribution in [1.82, 2.24) is 0 Å². The number of nitrogens with two attached hydrogens (primary N) is 1. The van der Waals surface area contributed by atoms with Gasteiger partial charge in [0.1, 0.15) is 11.5 Å². The van der Waals surface area contributed by atoms with Crippen molar-refractivity contribution in [3.63, 3.8) is 0 Å². The van der Waals surface area contributed by atoms with Gasteiger partial charge in [0.05, 0.1) is 12.1 Å². The van der Waals surface area contributed by atoms with Gasteiger partial charge in [-0.3, -0.25) is 0 Å². The van der Waals surface area contributed by atoms with Gasteiger partial charge < -0.3 is 21.1 Å². The molecule has 20 heavy (non-hydrogen) atoms. The molecule has 0 aliphatic heterocycles. The molecule has 0 unspecified atom stereocenters. The third-order valence-electron chi connectivity index (χ3n) is 3.08. The molecule has 0 aliphatic carbocycles. The van der Waals surface area contributed by atoms with Gasteiger partial charge in [-0.1, -0.05) is 30.3 Å². The van der Waals surface area contributed by atoms with Crippen molar-refractivity contribution in [3.05, 3.63) is 59.7 Å². The van der Waals surface area contributed by atoms with Crippen LogP contribution < -0.4 is 5.73 Å². The standard InChI is InChI=1S/C15H17NO3.ClH/c16-15(12-7-6-11(17)9-13(12)18)14(19)8-10-4-2-1-3-5-10;/h1-7,9,14-15,17-19H,8,16H2;1H/t14-,15+;/m0./s1. The fourth-order valence-electron chi connectivity index (χ4n) is 2.00. The van der Waals surface area contributed by atoms with Crippen LogP contribution in [-0.4, -0.2) is 21.4 Å². The summed E-state index contributed by atoms with van der Waals surface area (Å²) in [5.41, 5.74) is 7.34. The van der Waals surface area contributed by atoms with Gasteiger partial charge in [-0.15, -0.1) is 12.4 Å². The number of halogens is 1. The molecular formula is C15H18ClNO3. The van der Waals surface area contributed by atoms with Crippen LogP contribution in [0.15, 0.2) is 48.5 Å². The number of phenolic OH excluding ortho intramolecular Hbond substituents is 2. The topological polar surface area (TPSA) is 86.7 Å². The van der Waals surface area contributed by atoms with E-state index in [1.54, 1.807) is 0 Å². The van der Waals surface area contributed by atoms with E-state index in [4.69, 9.17) is 5.73 Å². The fraction of sp³-hybridized carbons (Fsp3) is 0.200. The lowest BCUT2D eigenvalue weighted by Crippen LogP contribution is -2.28. The summed E-state index contributed by atoms with van der Waals surface area (Å²) >= 11 is 0. The average Bonchev–Trinajstić information content (AvgIpc) is 2.39. The molecule has 4 nitrogen and oxygen atoms in total. The van der Waals surface area contributed by atoms with E-state index < -0.39 is 12.1 Å². The Morgan fingerprint density at radius 1 is 1.00 bits per heavy atom. The molecule has 2 rings (SSSR count). The monoisotopic (exact) mass is 295 g/mol. The van der Waals surface area contributed by atoms with Crippen LogP contribution in [-0.2, 0) is 6.42 Å². The first-order chi connectivity index (χ1) is 9.08. The smallest absolute Gasteiger partial charge is 0.124 e. The summed E-state index contributed by atoms with van der Waals surface area (Å²) in [5, 5.41) is 29.1. The van der Waals surface area contributed by atoms with Crippen LogP contribution in [0.25, 0.3) is 0 Å². The molecule has 0 radical (unpaired) electrons. The molecule has 0 bridgehead atoms. The number of hydrogen-bond acceptors (Lipinski definition) is 4. The minimum absolute atomic E-state index is 0. The van der Waals surface area contributed by atoms with Crippen LogP contribution in [0.5, 0.6) is 11.5 Å². The first kappa shape index (κ1) is 16.3. The molecule has 0 amide bonds. The largest absolute Gasteiger partial charge is 0.508 e. The van der Waals surface area contributed by atoms with Crippen molar-refractivity contribution in [2.45, 2.75) is 18.6 Å². The highest BCUT2D eigenvalue weighted by molar-refractivity contribution is 5.85. The summed E-state index contributed by atoms with van der Waals surface area (Å²) in [4.78, 5) is 0. The Kier molecular flexibility index (Phi) is 5.82. The first-order valence-electron chi connectivity index (χ1n) is 6.07. The van der Waals surface area contributed by atoms with Crippen LogP contribution in [0.4, 0.5) is 0 Å². The van der Waals surface area contributed by atoms with E-state index in [1.807, 2.05) is 30.3 Å². The van der Waals surface area contributed by atoms with Gasteiger partial charge >= 0.3 is 0 Å². The van der Waals surface area contributed by atoms with Gasteiger partial charge in [-0.05, 0) is 17.7 Å².